The van der Waals surface area contributed by atoms with E-state index in [0.29, 0.717) is 0 Å². The molecule has 2 nitrogen and oxygen atoms in total. The summed E-state index contributed by atoms with van der Waals surface area (Å²) >= 11 is 0. The first-order valence-electron chi connectivity index (χ1n) is 4.22. The lowest BCUT2D eigenvalue weighted by atomic mass is 9.96. The minimum absolute atomic E-state index is 0.332. The van der Waals surface area contributed by atoms with Crippen LogP contribution >= 0.6 is 0 Å². The molecule has 2 rings (SSSR count). The van der Waals surface area contributed by atoms with Gasteiger partial charge < -0.3 is 10.4 Å². The predicted octanol–water partition coefficient (Wildman–Crippen LogP) is 0.511. The third kappa shape index (κ3) is 1.32. The zero-order valence-electron chi connectivity index (χ0n) is 6.27. The highest BCUT2D eigenvalue weighted by atomic mass is 16.3. The van der Waals surface area contributed by atoms with Crippen LogP contribution in [0.25, 0.3) is 0 Å². The summed E-state index contributed by atoms with van der Waals surface area (Å²) in [5.74, 6) is 0.852. The van der Waals surface area contributed by atoms with E-state index >= 15 is 0 Å². The van der Waals surface area contributed by atoms with Gasteiger partial charge in [0.15, 0.2) is 0 Å². The van der Waals surface area contributed by atoms with Crippen molar-refractivity contribution in [1.29, 1.82) is 0 Å². The van der Waals surface area contributed by atoms with Gasteiger partial charge in [-0.25, -0.2) is 0 Å². The highest BCUT2D eigenvalue weighted by molar-refractivity contribution is 4.92. The lowest BCUT2D eigenvalue weighted by molar-refractivity contribution is 0.0466. The first kappa shape index (κ1) is 6.62. The Labute approximate surface area is 61.6 Å². The van der Waals surface area contributed by atoms with E-state index < -0.39 is 0 Å². The van der Waals surface area contributed by atoms with E-state index in [1.54, 1.807) is 0 Å². The molecule has 1 aliphatic heterocycles. The quantitative estimate of drug-likeness (QED) is 0.587. The average molecular weight is 141 g/mol. The second kappa shape index (κ2) is 2.21. The van der Waals surface area contributed by atoms with Crippen LogP contribution < -0.4 is 5.32 Å². The molecular formula is C8H15NO. The maximum Gasteiger partial charge on any atom is 0.0786 e. The van der Waals surface area contributed by atoms with Gasteiger partial charge in [-0.2, -0.15) is 0 Å². The van der Waals surface area contributed by atoms with E-state index in [2.05, 4.69) is 5.32 Å². The van der Waals surface area contributed by atoms with Gasteiger partial charge in [0.05, 0.1) is 5.60 Å². The van der Waals surface area contributed by atoms with Crippen molar-refractivity contribution in [2.45, 2.75) is 31.3 Å². The molecule has 0 radical (unpaired) electrons. The summed E-state index contributed by atoms with van der Waals surface area (Å²) in [5, 5.41) is 13.0. The molecule has 2 N–H and O–H groups in total. The van der Waals surface area contributed by atoms with E-state index in [4.69, 9.17) is 0 Å². The smallest absolute Gasteiger partial charge is 0.0786 e. The molecule has 1 aliphatic carbocycles. The molecule has 2 fully saturated rings. The molecule has 2 heteroatoms. The zero-order chi connectivity index (χ0) is 7.03. The lowest BCUT2D eigenvalue weighted by Crippen LogP contribution is -2.31. The Bertz CT molecular complexity index is 125. The largest absolute Gasteiger partial charge is 0.389 e. The third-order valence-electron chi connectivity index (χ3n) is 2.59. The Morgan fingerprint density at radius 2 is 2.30 bits per heavy atom. The standard InChI is InChI=1S/C8H15NO/c10-8(3-4-9-6-8)5-7-1-2-7/h7,9-10H,1-6H2/t8-/m0/s1. The van der Waals surface area contributed by atoms with Crippen LogP contribution in [0.4, 0.5) is 0 Å². The molecule has 1 saturated heterocycles. The van der Waals surface area contributed by atoms with E-state index in [9.17, 15) is 5.11 Å². The van der Waals surface area contributed by atoms with Gasteiger partial charge in [-0.15, -0.1) is 0 Å². The number of hydrogen-bond donors (Lipinski definition) is 2. The van der Waals surface area contributed by atoms with Gasteiger partial charge >= 0.3 is 0 Å². The number of rotatable bonds is 2. The topological polar surface area (TPSA) is 32.3 Å². The molecule has 10 heavy (non-hydrogen) atoms. The second-order valence-corrected chi connectivity index (χ2v) is 3.80. The SMILES string of the molecule is O[C@]1(CC2CC2)CCNC1. The van der Waals surface area contributed by atoms with Crippen molar-refractivity contribution < 1.29 is 5.11 Å². The van der Waals surface area contributed by atoms with Gasteiger partial charge in [-0.1, -0.05) is 12.8 Å². The van der Waals surface area contributed by atoms with Crippen molar-refractivity contribution in [3.8, 4) is 0 Å². The summed E-state index contributed by atoms with van der Waals surface area (Å²) in [4.78, 5) is 0. The Morgan fingerprint density at radius 3 is 2.80 bits per heavy atom. The lowest BCUT2D eigenvalue weighted by Gasteiger charge is -2.20. The molecule has 0 aromatic rings. The van der Waals surface area contributed by atoms with Crippen LogP contribution in [0.3, 0.4) is 0 Å². The van der Waals surface area contributed by atoms with Crippen molar-refractivity contribution in [3.63, 3.8) is 0 Å². The normalized spacial score (nSPS) is 40.5. The van der Waals surface area contributed by atoms with Crippen LogP contribution in [0.2, 0.25) is 0 Å². The van der Waals surface area contributed by atoms with Crippen LogP contribution in [0.1, 0.15) is 25.7 Å². The fourth-order valence-electron chi connectivity index (χ4n) is 1.76. The number of hydrogen-bond acceptors (Lipinski definition) is 2. The summed E-state index contributed by atoms with van der Waals surface area (Å²) in [6.45, 7) is 1.83. The number of β-amino-alcohol motifs (C(OH)–C–C–N with tert-alkyl or cyclic N) is 1. The van der Waals surface area contributed by atoms with E-state index in [1.165, 1.54) is 12.8 Å². The Hall–Kier alpha value is -0.0800. The molecule has 0 unspecified atom stereocenters. The maximum absolute atomic E-state index is 9.84. The fourth-order valence-corrected chi connectivity index (χ4v) is 1.76. The fraction of sp³-hybridized carbons (Fsp3) is 1.00. The molecular weight excluding hydrogens is 126 g/mol. The minimum atomic E-state index is -0.332. The zero-order valence-corrected chi connectivity index (χ0v) is 6.27. The maximum atomic E-state index is 9.84. The van der Waals surface area contributed by atoms with Crippen molar-refractivity contribution in [2.24, 2.45) is 5.92 Å². The number of nitrogens with one attached hydrogen (secondary N) is 1. The Kier molecular flexibility index (Phi) is 1.46. The predicted molar refractivity (Wildman–Crippen MR) is 39.8 cm³/mol. The highest BCUT2D eigenvalue weighted by Crippen LogP contribution is 2.38. The highest BCUT2D eigenvalue weighted by Gasteiger charge is 2.37. The van der Waals surface area contributed by atoms with Gasteiger partial charge in [0, 0.05) is 6.54 Å². The Morgan fingerprint density at radius 1 is 1.50 bits per heavy atom. The molecule has 58 valence electrons. The minimum Gasteiger partial charge on any atom is -0.389 e. The summed E-state index contributed by atoms with van der Waals surface area (Å²) in [5.41, 5.74) is -0.332. The molecule has 1 heterocycles. The molecule has 0 aromatic carbocycles. The van der Waals surface area contributed by atoms with Crippen molar-refractivity contribution in [1.82, 2.24) is 5.32 Å². The Balaban J connectivity index is 1.86. The van der Waals surface area contributed by atoms with E-state index in [0.717, 1.165) is 31.8 Å². The molecule has 0 aromatic heterocycles. The van der Waals surface area contributed by atoms with Crippen molar-refractivity contribution in [2.75, 3.05) is 13.1 Å². The molecule has 0 bridgehead atoms. The van der Waals surface area contributed by atoms with Gasteiger partial charge in [-0.05, 0) is 25.3 Å². The van der Waals surface area contributed by atoms with Crippen molar-refractivity contribution in [3.05, 3.63) is 0 Å². The molecule has 0 amide bonds. The summed E-state index contributed by atoms with van der Waals surface area (Å²) in [7, 11) is 0. The van der Waals surface area contributed by atoms with Gasteiger partial charge in [0.25, 0.3) is 0 Å². The van der Waals surface area contributed by atoms with E-state index in [1.807, 2.05) is 0 Å². The third-order valence-corrected chi connectivity index (χ3v) is 2.59. The first-order chi connectivity index (χ1) is 4.79. The molecule has 1 atom stereocenters. The van der Waals surface area contributed by atoms with Crippen molar-refractivity contribution >= 4 is 0 Å². The van der Waals surface area contributed by atoms with Crippen LogP contribution in [0, 0.1) is 5.92 Å². The van der Waals surface area contributed by atoms with Crippen LogP contribution in [-0.4, -0.2) is 23.8 Å². The summed E-state index contributed by atoms with van der Waals surface area (Å²) in [6, 6.07) is 0. The molecule has 2 aliphatic rings. The first-order valence-corrected chi connectivity index (χ1v) is 4.22. The monoisotopic (exact) mass is 141 g/mol. The second-order valence-electron chi connectivity index (χ2n) is 3.80. The summed E-state index contributed by atoms with van der Waals surface area (Å²) in [6.07, 6.45) is 4.70. The molecule has 0 spiro atoms. The van der Waals surface area contributed by atoms with Gasteiger partial charge in [0.2, 0.25) is 0 Å². The summed E-state index contributed by atoms with van der Waals surface area (Å²) < 4.78 is 0. The van der Waals surface area contributed by atoms with Crippen LogP contribution in [0.15, 0.2) is 0 Å². The van der Waals surface area contributed by atoms with Gasteiger partial charge in [-0.3, -0.25) is 0 Å². The van der Waals surface area contributed by atoms with Crippen LogP contribution in [0.5, 0.6) is 0 Å². The number of aliphatic hydroxyl groups is 1. The average Bonchev–Trinajstić information content (AvgIpc) is 2.56. The molecule has 1 saturated carbocycles. The van der Waals surface area contributed by atoms with E-state index in [-0.39, 0.29) is 5.60 Å². The van der Waals surface area contributed by atoms with Gasteiger partial charge in [0.1, 0.15) is 0 Å². The van der Waals surface area contributed by atoms with Crippen LogP contribution in [-0.2, 0) is 0 Å².